The molecule has 1 unspecified atom stereocenters. The topological polar surface area (TPSA) is 44.1 Å². The first-order chi connectivity index (χ1) is 8.69. The molecule has 2 heterocycles. The molecule has 0 N–H and O–H groups in total. The molecule has 0 aromatic carbocycles. The Balaban J connectivity index is 1.85. The van der Waals surface area contributed by atoms with Crippen molar-refractivity contribution < 1.29 is 4.74 Å². The Kier molecular flexibility index (Phi) is 3.44. The van der Waals surface area contributed by atoms with Crippen LogP contribution in [0, 0.1) is 3.57 Å². The summed E-state index contributed by atoms with van der Waals surface area (Å²) in [5.74, 6) is 0. The van der Waals surface area contributed by atoms with E-state index in [4.69, 9.17) is 4.74 Å². The number of ether oxygens (including phenoxy) is 1. The molecule has 98 valence electrons. The number of halogens is 1. The zero-order valence-electron chi connectivity index (χ0n) is 10.3. The average molecular weight is 360 g/mol. The van der Waals surface area contributed by atoms with E-state index in [0.717, 1.165) is 35.9 Å². The van der Waals surface area contributed by atoms with Crippen molar-refractivity contribution in [2.24, 2.45) is 0 Å². The molecule has 18 heavy (non-hydrogen) atoms. The van der Waals surface area contributed by atoms with Crippen molar-refractivity contribution in [2.45, 2.75) is 50.2 Å². The lowest BCUT2D eigenvalue weighted by molar-refractivity contribution is -0.0916. The van der Waals surface area contributed by atoms with E-state index >= 15 is 0 Å². The van der Waals surface area contributed by atoms with E-state index in [2.05, 4.69) is 27.7 Å². The van der Waals surface area contributed by atoms with Crippen molar-refractivity contribution >= 4 is 22.6 Å². The fraction of sp³-hybridized carbons (Fsp3) is 0.692. The fourth-order valence-corrected chi connectivity index (χ4v) is 3.64. The first-order valence-corrected chi connectivity index (χ1v) is 7.65. The molecule has 2 aliphatic rings. The number of hydrogen-bond acceptors (Lipinski definition) is 3. The zero-order chi connectivity index (χ0) is 12.6. The lowest BCUT2D eigenvalue weighted by Gasteiger charge is -2.38. The third-order valence-electron chi connectivity index (χ3n) is 4.12. The molecule has 4 nitrogen and oxygen atoms in total. The van der Waals surface area contributed by atoms with Crippen LogP contribution in [-0.4, -0.2) is 22.0 Å². The second kappa shape index (κ2) is 4.92. The minimum atomic E-state index is 0.0157. The van der Waals surface area contributed by atoms with Crippen LogP contribution < -0.4 is 5.56 Å². The van der Waals surface area contributed by atoms with Gasteiger partial charge in [-0.3, -0.25) is 4.79 Å². The Bertz CT molecular complexity index is 494. The monoisotopic (exact) mass is 360 g/mol. The summed E-state index contributed by atoms with van der Waals surface area (Å²) in [6.07, 6.45) is 8.39. The first kappa shape index (κ1) is 12.6. The van der Waals surface area contributed by atoms with Gasteiger partial charge < -0.3 is 4.74 Å². The molecular weight excluding hydrogens is 343 g/mol. The molecule has 1 atom stereocenters. The summed E-state index contributed by atoms with van der Waals surface area (Å²) >= 11 is 2.12. The molecule has 5 heteroatoms. The molecule has 1 aromatic heterocycles. The molecule has 1 saturated carbocycles. The highest BCUT2D eigenvalue weighted by Crippen LogP contribution is 2.42. The third-order valence-corrected chi connectivity index (χ3v) is 4.71. The van der Waals surface area contributed by atoms with Gasteiger partial charge in [0.25, 0.3) is 5.56 Å². The standard InChI is InChI=1S/C13H17IN2O2/c14-10-7-12(17)16(15-9-10)11-3-6-18-13(8-11)4-1-2-5-13/h7,9,11H,1-6,8H2. The summed E-state index contributed by atoms with van der Waals surface area (Å²) in [5.41, 5.74) is 0.0504. The molecule has 1 aliphatic heterocycles. The minimum Gasteiger partial charge on any atom is -0.375 e. The van der Waals surface area contributed by atoms with E-state index in [1.54, 1.807) is 16.9 Å². The van der Waals surface area contributed by atoms with Crippen LogP contribution in [0.4, 0.5) is 0 Å². The average Bonchev–Trinajstić information content (AvgIpc) is 2.77. The quantitative estimate of drug-likeness (QED) is 0.723. The zero-order valence-corrected chi connectivity index (χ0v) is 12.4. The van der Waals surface area contributed by atoms with E-state index < -0.39 is 0 Å². The van der Waals surface area contributed by atoms with E-state index in [1.165, 1.54) is 12.8 Å². The summed E-state index contributed by atoms with van der Waals surface area (Å²) in [4.78, 5) is 12.0. The fourth-order valence-electron chi connectivity index (χ4n) is 3.25. The molecular formula is C13H17IN2O2. The Morgan fingerprint density at radius 3 is 2.94 bits per heavy atom. The largest absolute Gasteiger partial charge is 0.375 e. The maximum atomic E-state index is 12.0. The van der Waals surface area contributed by atoms with Gasteiger partial charge in [-0.05, 0) is 48.3 Å². The van der Waals surface area contributed by atoms with Gasteiger partial charge >= 0.3 is 0 Å². The Hall–Kier alpha value is -0.430. The summed E-state index contributed by atoms with van der Waals surface area (Å²) in [7, 11) is 0. The van der Waals surface area contributed by atoms with Crippen LogP contribution in [0.3, 0.4) is 0 Å². The SMILES string of the molecule is O=c1cc(I)cnn1C1CCOC2(CCCC2)C1. The van der Waals surface area contributed by atoms with Crippen molar-refractivity contribution in [3.05, 3.63) is 26.2 Å². The van der Waals surface area contributed by atoms with Crippen LogP contribution >= 0.6 is 22.6 Å². The lowest BCUT2D eigenvalue weighted by Crippen LogP contribution is -2.41. The van der Waals surface area contributed by atoms with Gasteiger partial charge in [0.2, 0.25) is 0 Å². The second-order valence-corrected chi connectivity index (χ2v) is 6.59. The van der Waals surface area contributed by atoms with Crippen LogP contribution in [0.25, 0.3) is 0 Å². The second-order valence-electron chi connectivity index (χ2n) is 5.34. The van der Waals surface area contributed by atoms with Crippen LogP contribution in [-0.2, 0) is 4.74 Å². The highest BCUT2D eigenvalue weighted by atomic mass is 127. The van der Waals surface area contributed by atoms with E-state index in [9.17, 15) is 4.79 Å². The van der Waals surface area contributed by atoms with Gasteiger partial charge in [-0.2, -0.15) is 5.10 Å². The minimum absolute atomic E-state index is 0.0157. The van der Waals surface area contributed by atoms with Crippen molar-refractivity contribution in [1.29, 1.82) is 0 Å². The summed E-state index contributed by atoms with van der Waals surface area (Å²) in [6, 6.07) is 1.87. The number of aromatic nitrogens is 2. The van der Waals surface area contributed by atoms with Crippen LogP contribution in [0.2, 0.25) is 0 Å². The van der Waals surface area contributed by atoms with E-state index in [0.29, 0.717) is 0 Å². The van der Waals surface area contributed by atoms with Gasteiger partial charge in [0.1, 0.15) is 0 Å². The molecule has 1 aliphatic carbocycles. The van der Waals surface area contributed by atoms with Gasteiger partial charge in [0, 0.05) is 16.2 Å². The van der Waals surface area contributed by atoms with Crippen LogP contribution in [0.15, 0.2) is 17.1 Å². The molecule has 3 rings (SSSR count). The van der Waals surface area contributed by atoms with Gasteiger partial charge in [-0.1, -0.05) is 12.8 Å². The van der Waals surface area contributed by atoms with Crippen molar-refractivity contribution in [3.8, 4) is 0 Å². The predicted molar refractivity (Wildman–Crippen MR) is 76.6 cm³/mol. The highest BCUT2D eigenvalue weighted by Gasteiger charge is 2.40. The first-order valence-electron chi connectivity index (χ1n) is 6.57. The Morgan fingerprint density at radius 1 is 1.44 bits per heavy atom. The summed E-state index contributed by atoms with van der Waals surface area (Å²) in [5, 5.41) is 4.30. The van der Waals surface area contributed by atoms with Gasteiger partial charge in [-0.15, -0.1) is 0 Å². The summed E-state index contributed by atoms with van der Waals surface area (Å²) in [6.45, 7) is 0.755. The molecule has 2 fully saturated rings. The molecule has 1 spiro atoms. The van der Waals surface area contributed by atoms with Crippen LogP contribution in [0.5, 0.6) is 0 Å². The lowest BCUT2D eigenvalue weighted by atomic mass is 9.89. The number of rotatable bonds is 1. The smallest absolute Gasteiger partial charge is 0.268 e. The van der Waals surface area contributed by atoms with E-state index in [-0.39, 0.29) is 17.2 Å². The van der Waals surface area contributed by atoms with Gasteiger partial charge in [0.15, 0.2) is 0 Å². The van der Waals surface area contributed by atoms with Crippen molar-refractivity contribution in [3.63, 3.8) is 0 Å². The number of nitrogens with zero attached hydrogens (tertiary/aromatic N) is 2. The van der Waals surface area contributed by atoms with Crippen molar-refractivity contribution in [1.82, 2.24) is 9.78 Å². The Labute approximate surface area is 120 Å². The normalized spacial score (nSPS) is 26.6. The van der Waals surface area contributed by atoms with Gasteiger partial charge in [0.05, 0.1) is 17.8 Å². The predicted octanol–water partition coefficient (Wildman–Crippen LogP) is 2.51. The molecule has 1 saturated heterocycles. The highest BCUT2D eigenvalue weighted by molar-refractivity contribution is 14.1. The molecule has 0 bridgehead atoms. The third kappa shape index (κ3) is 2.34. The maximum absolute atomic E-state index is 12.0. The van der Waals surface area contributed by atoms with Crippen molar-refractivity contribution in [2.75, 3.05) is 6.61 Å². The Morgan fingerprint density at radius 2 is 2.22 bits per heavy atom. The molecule has 0 radical (unpaired) electrons. The summed E-state index contributed by atoms with van der Waals surface area (Å²) < 4.78 is 8.55. The number of hydrogen-bond donors (Lipinski definition) is 0. The maximum Gasteiger partial charge on any atom is 0.268 e. The van der Waals surface area contributed by atoms with E-state index in [1.807, 2.05) is 0 Å². The molecule has 1 aromatic rings. The van der Waals surface area contributed by atoms with Gasteiger partial charge in [-0.25, -0.2) is 4.68 Å². The van der Waals surface area contributed by atoms with Crippen LogP contribution in [0.1, 0.15) is 44.6 Å². The molecule has 0 amide bonds.